The molecule has 1 aromatic heterocycles. The van der Waals surface area contributed by atoms with Gasteiger partial charge in [-0.1, -0.05) is 6.92 Å². The standard InChI is InChI=1S/C18H33N5S/c1-15-7-6-12-23(14-15)11-5-4-9-20-18(19-3)21-10-8-17-22-13-16(2)24-17/h13,15H,4-12,14H2,1-3H3,(H2,19,20,21). The molecule has 24 heavy (non-hydrogen) atoms. The first-order valence-corrected chi connectivity index (χ1v) is 10.1. The van der Waals surface area contributed by atoms with Gasteiger partial charge in [0.1, 0.15) is 0 Å². The minimum atomic E-state index is 0.873. The van der Waals surface area contributed by atoms with Gasteiger partial charge in [0.15, 0.2) is 5.96 Å². The maximum absolute atomic E-state index is 4.39. The topological polar surface area (TPSA) is 52.6 Å². The first-order chi connectivity index (χ1) is 11.7. The molecule has 1 aliphatic heterocycles. The molecule has 0 aromatic carbocycles. The predicted octanol–water partition coefficient (Wildman–Crippen LogP) is 2.67. The Labute approximate surface area is 151 Å². The van der Waals surface area contributed by atoms with E-state index in [1.165, 1.54) is 55.2 Å². The first-order valence-electron chi connectivity index (χ1n) is 9.25. The zero-order chi connectivity index (χ0) is 17.2. The van der Waals surface area contributed by atoms with Crippen molar-refractivity contribution in [1.82, 2.24) is 20.5 Å². The highest BCUT2D eigenvalue weighted by Gasteiger charge is 2.15. The van der Waals surface area contributed by atoms with Gasteiger partial charge in [-0.25, -0.2) is 4.98 Å². The monoisotopic (exact) mass is 351 g/mol. The Hall–Kier alpha value is -1.14. The Bertz CT molecular complexity index is 499. The molecule has 1 atom stereocenters. The number of nitrogens with one attached hydrogen (secondary N) is 2. The number of hydrogen-bond acceptors (Lipinski definition) is 4. The first kappa shape index (κ1) is 19.2. The fourth-order valence-electron chi connectivity index (χ4n) is 3.18. The third-order valence-corrected chi connectivity index (χ3v) is 5.43. The molecule has 2 rings (SSSR count). The molecule has 5 nitrogen and oxygen atoms in total. The smallest absolute Gasteiger partial charge is 0.190 e. The number of likely N-dealkylation sites (tertiary alicyclic amines) is 1. The maximum Gasteiger partial charge on any atom is 0.190 e. The van der Waals surface area contributed by atoms with Gasteiger partial charge in [-0.2, -0.15) is 0 Å². The molecule has 1 aliphatic rings. The summed E-state index contributed by atoms with van der Waals surface area (Å²) in [5, 5.41) is 7.97. The minimum Gasteiger partial charge on any atom is -0.356 e. The van der Waals surface area contributed by atoms with Crippen LogP contribution in [0.4, 0.5) is 0 Å². The molecule has 1 fully saturated rings. The fourth-order valence-corrected chi connectivity index (χ4v) is 3.97. The minimum absolute atomic E-state index is 0.873. The second-order valence-electron chi connectivity index (χ2n) is 6.80. The van der Waals surface area contributed by atoms with E-state index in [9.17, 15) is 0 Å². The summed E-state index contributed by atoms with van der Waals surface area (Å²) in [6.07, 6.45) is 8.12. The van der Waals surface area contributed by atoms with E-state index in [1.54, 1.807) is 11.3 Å². The SMILES string of the molecule is CN=C(NCCCCN1CCCC(C)C1)NCCc1ncc(C)s1. The van der Waals surface area contributed by atoms with Crippen molar-refractivity contribution in [3.05, 3.63) is 16.1 Å². The van der Waals surface area contributed by atoms with Crippen LogP contribution in [0.3, 0.4) is 0 Å². The van der Waals surface area contributed by atoms with Crippen LogP contribution in [-0.4, -0.2) is 55.6 Å². The number of thiazole rings is 1. The molecule has 0 spiro atoms. The molecule has 0 saturated carbocycles. The summed E-state index contributed by atoms with van der Waals surface area (Å²) in [4.78, 5) is 12.6. The van der Waals surface area contributed by atoms with Gasteiger partial charge in [0.25, 0.3) is 0 Å². The normalized spacial score (nSPS) is 19.5. The molecule has 136 valence electrons. The van der Waals surface area contributed by atoms with Crippen molar-refractivity contribution in [3.8, 4) is 0 Å². The van der Waals surface area contributed by atoms with Crippen LogP contribution in [0, 0.1) is 12.8 Å². The van der Waals surface area contributed by atoms with Crippen LogP contribution < -0.4 is 10.6 Å². The molecule has 1 aromatic rings. The lowest BCUT2D eigenvalue weighted by atomic mass is 10.0. The van der Waals surface area contributed by atoms with Crippen molar-refractivity contribution in [2.75, 3.05) is 39.8 Å². The third-order valence-electron chi connectivity index (χ3n) is 4.46. The molecule has 0 radical (unpaired) electrons. The Morgan fingerprint density at radius 1 is 1.38 bits per heavy atom. The van der Waals surface area contributed by atoms with Gasteiger partial charge in [0.05, 0.1) is 5.01 Å². The van der Waals surface area contributed by atoms with E-state index < -0.39 is 0 Å². The molecule has 1 unspecified atom stereocenters. The number of unbranched alkanes of at least 4 members (excludes halogenated alkanes) is 1. The lowest BCUT2D eigenvalue weighted by molar-refractivity contribution is 0.181. The second kappa shape index (κ2) is 10.7. The highest BCUT2D eigenvalue weighted by molar-refractivity contribution is 7.11. The van der Waals surface area contributed by atoms with Crippen molar-refractivity contribution in [2.45, 2.75) is 46.0 Å². The zero-order valence-electron chi connectivity index (χ0n) is 15.5. The molecule has 6 heteroatoms. The van der Waals surface area contributed by atoms with E-state index in [1.807, 2.05) is 13.2 Å². The van der Waals surface area contributed by atoms with Gasteiger partial charge in [0.2, 0.25) is 0 Å². The number of aryl methyl sites for hydroxylation is 1. The van der Waals surface area contributed by atoms with Crippen molar-refractivity contribution in [2.24, 2.45) is 10.9 Å². The molecule has 2 heterocycles. The summed E-state index contributed by atoms with van der Waals surface area (Å²) in [6.45, 7) is 10.1. The Morgan fingerprint density at radius 2 is 2.21 bits per heavy atom. The number of aromatic nitrogens is 1. The van der Waals surface area contributed by atoms with Gasteiger partial charge in [-0.3, -0.25) is 4.99 Å². The van der Waals surface area contributed by atoms with Crippen molar-refractivity contribution in [3.63, 3.8) is 0 Å². The zero-order valence-corrected chi connectivity index (χ0v) is 16.3. The van der Waals surface area contributed by atoms with Gasteiger partial charge in [-0.15, -0.1) is 11.3 Å². The number of hydrogen-bond donors (Lipinski definition) is 2. The Morgan fingerprint density at radius 3 is 2.92 bits per heavy atom. The van der Waals surface area contributed by atoms with Gasteiger partial charge in [-0.05, 0) is 51.6 Å². The van der Waals surface area contributed by atoms with Gasteiger partial charge < -0.3 is 15.5 Å². The Kier molecular flexibility index (Phi) is 8.53. The van der Waals surface area contributed by atoms with Crippen molar-refractivity contribution < 1.29 is 0 Å². The number of nitrogens with zero attached hydrogens (tertiary/aromatic N) is 3. The van der Waals surface area contributed by atoms with E-state index in [-0.39, 0.29) is 0 Å². The summed E-state index contributed by atoms with van der Waals surface area (Å²) in [5.41, 5.74) is 0. The molecule has 0 aliphatic carbocycles. The van der Waals surface area contributed by atoms with Crippen LogP contribution >= 0.6 is 11.3 Å². The summed E-state index contributed by atoms with van der Waals surface area (Å²) in [6, 6.07) is 0. The summed E-state index contributed by atoms with van der Waals surface area (Å²) >= 11 is 1.77. The van der Waals surface area contributed by atoms with E-state index >= 15 is 0 Å². The highest BCUT2D eigenvalue weighted by Crippen LogP contribution is 2.15. The Balaban J connectivity index is 1.51. The lowest BCUT2D eigenvalue weighted by Gasteiger charge is -2.30. The van der Waals surface area contributed by atoms with Gasteiger partial charge >= 0.3 is 0 Å². The molecule has 0 bridgehead atoms. The number of piperidine rings is 1. The maximum atomic E-state index is 4.39. The van der Waals surface area contributed by atoms with Crippen LogP contribution in [0.1, 0.15) is 42.5 Å². The second-order valence-corrected chi connectivity index (χ2v) is 8.11. The summed E-state index contributed by atoms with van der Waals surface area (Å²) < 4.78 is 0. The highest BCUT2D eigenvalue weighted by atomic mass is 32.1. The average molecular weight is 352 g/mol. The lowest BCUT2D eigenvalue weighted by Crippen LogP contribution is -2.39. The fraction of sp³-hybridized carbons (Fsp3) is 0.778. The number of aliphatic imine (C=N–C) groups is 1. The predicted molar refractivity (Wildman–Crippen MR) is 104 cm³/mol. The van der Waals surface area contributed by atoms with Crippen LogP contribution in [0.25, 0.3) is 0 Å². The van der Waals surface area contributed by atoms with Crippen LogP contribution in [0.15, 0.2) is 11.2 Å². The number of rotatable bonds is 8. The van der Waals surface area contributed by atoms with Crippen molar-refractivity contribution in [1.29, 1.82) is 0 Å². The van der Waals surface area contributed by atoms with E-state index in [2.05, 4.69) is 39.4 Å². The third kappa shape index (κ3) is 7.18. The van der Waals surface area contributed by atoms with Gasteiger partial charge in [0, 0.05) is 44.2 Å². The molecular weight excluding hydrogens is 318 g/mol. The van der Waals surface area contributed by atoms with E-state index in [0.717, 1.165) is 31.4 Å². The quantitative estimate of drug-likeness (QED) is 0.429. The molecule has 0 amide bonds. The van der Waals surface area contributed by atoms with Crippen LogP contribution in [-0.2, 0) is 6.42 Å². The summed E-state index contributed by atoms with van der Waals surface area (Å²) in [5.74, 6) is 1.77. The number of guanidine groups is 1. The summed E-state index contributed by atoms with van der Waals surface area (Å²) in [7, 11) is 1.83. The largest absolute Gasteiger partial charge is 0.356 e. The van der Waals surface area contributed by atoms with E-state index in [0.29, 0.717) is 0 Å². The van der Waals surface area contributed by atoms with Crippen molar-refractivity contribution >= 4 is 17.3 Å². The molecular formula is C18H33N5S. The van der Waals surface area contributed by atoms with Crippen LogP contribution in [0.5, 0.6) is 0 Å². The van der Waals surface area contributed by atoms with E-state index in [4.69, 9.17) is 0 Å². The average Bonchev–Trinajstić information content (AvgIpc) is 2.98. The molecule has 2 N–H and O–H groups in total. The molecule has 1 saturated heterocycles. The van der Waals surface area contributed by atoms with Crippen LogP contribution in [0.2, 0.25) is 0 Å².